The Bertz CT molecular complexity index is 1200. The minimum absolute atomic E-state index is 0.120. The lowest BCUT2D eigenvalue weighted by Gasteiger charge is -2.33. The number of nitrogens with zero attached hydrogens (tertiary/aromatic N) is 3. The van der Waals surface area contributed by atoms with Crippen LogP contribution in [-0.4, -0.2) is 68.1 Å². The first-order valence-electron chi connectivity index (χ1n) is 9.65. The molecule has 0 spiro atoms. The Labute approximate surface area is 175 Å². The summed E-state index contributed by atoms with van der Waals surface area (Å²) in [5.41, 5.74) is 2.84. The van der Waals surface area contributed by atoms with Crippen molar-refractivity contribution in [1.29, 1.82) is 0 Å². The first kappa shape index (κ1) is 20.3. The standard InChI is InChI=1S/C22H23N3O4S/c1-29-17-7-5-6-16(14-17)21-15-19(18-8-3-4-9-20(18)23-21)22(26)24-10-12-25(13-11-24)30(2,27)28/h3-9,14-15H,10-13H2,1-2H3. The van der Waals surface area contributed by atoms with Gasteiger partial charge in [-0.2, -0.15) is 4.31 Å². The molecular formula is C22H23N3O4S. The second kappa shape index (κ2) is 8.04. The monoisotopic (exact) mass is 425 g/mol. The molecule has 0 radical (unpaired) electrons. The number of amides is 1. The van der Waals surface area contributed by atoms with Crippen LogP contribution in [0.3, 0.4) is 0 Å². The van der Waals surface area contributed by atoms with Gasteiger partial charge in [-0.15, -0.1) is 0 Å². The summed E-state index contributed by atoms with van der Waals surface area (Å²) in [4.78, 5) is 19.8. The highest BCUT2D eigenvalue weighted by atomic mass is 32.2. The lowest BCUT2D eigenvalue weighted by atomic mass is 10.0. The maximum atomic E-state index is 13.4. The van der Waals surface area contributed by atoms with E-state index in [-0.39, 0.29) is 5.91 Å². The Balaban J connectivity index is 1.72. The van der Waals surface area contributed by atoms with Gasteiger partial charge in [0.1, 0.15) is 5.75 Å². The number of methoxy groups -OCH3 is 1. The number of rotatable bonds is 4. The highest BCUT2D eigenvalue weighted by Crippen LogP contribution is 2.28. The maximum absolute atomic E-state index is 13.4. The Morgan fingerprint density at radius 1 is 1.00 bits per heavy atom. The van der Waals surface area contributed by atoms with Crippen molar-refractivity contribution >= 4 is 26.8 Å². The Kier molecular flexibility index (Phi) is 5.44. The van der Waals surface area contributed by atoms with Gasteiger partial charge in [-0.1, -0.05) is 30.3 Å². The van der Waals surface area contributed by atoms with Gasteiger partial charge in [0.2, 0.25) is 10.0 Å². The van der Waals surface area contributed by atoms with E-state index in [1.165, 1.54) is 10.6 Å². The first-order valence-corrected chi connectivity index (χ1v) is 11.5. The van der Waals surface area contributed by atoms with Crippen LogP contribution in [0.4, 0.5) is 0 Å². The number of carbonyl (C=O) groups is 1. The third kappa shape index (κ3) is 4.01. The molecule has 0 bridgehead atoms. The van der Waals surface area contributed by atoms with Crippen LogP contribution in [0.15, 0.2) is 54.6 Å². The van der Waals surface area contributed by atoms with Gasteiger partial charge in [-0.25, -0.2) is 13.4 Å². The summed E-state index contributed by atoms with van der Waals surface area (Å²) in [6, 6.07) is 16.9. The molecule has 8 heteroatoms. The summed E-state index contributed by atoms with van der Waals surface area (Å²) < 4.78 is 30.3. The van der Waals surface area contributed by atoms with E-state index in [0.29, 0.717) is 43.2 Å². The highest BCUT2D eigenvalue weighted by Gasteiger charge is 2.27. The third-order valence-corrected chi connectivity index (χ3v) is 6.61. The zero-order chi connectivity index (χ0) is 21.3. The number of hydrogen-bond donors (Lipinski definition) is 0. The quantitative estimate of drug-likeness (QED) is 0.642. The molecule has 1 saturated heterocycles. The second-order valence-corrected chi connectivity index (χ2v) is 9.24. The molecule has 1 aliphatic rings. The second-order valence-electron chi connectivity index (χ2n) is 7.26. The fraction of sp³-hybridized carbons (Fsp3) is 0.273. The third-order valence-electron chi connectivity index (χ3n) is 5.31. The molecule has 30 heavy (non-hydrogen) atoms. The fourth-order valence-electron chi connectivity index (χ4n) is 3.68. The van der Waals surface area contributed by atoms with Gasteiger partial charge in [0.25, 0.3) is 5.91 Å². The molecule has 3 aromatic rings. The molecule has 1 amide bonds. The van der Waals surface area contributed by atoms with Crippen LogP contribution in [0.5, 0.6) is 5.75 Å². The number of fused-ring (bicyclic) bond motifs is 1. The number of carbonyl (C=O) groups excluding carboxylic acids is 1. The number of ether oxygens (including phenoxy) is 1. The molecule has 0 unspecified atom stereocenters. The maximum Gasteiger partial charge on any atom is 0.254 e. The summed E-state index contributed by atoms with van der Waals surface area (Å²) in [6.45, 7) is 1.32. The van der Waals surface area contributed by atoms with E-state index in [1.54, 1.807) is 12.0 Å². The number of sulfonamides is 1. The minimum atomic E-state index is -3.25. The number of hydrogen-bond acceptors (Lipinski definition) is 5. The van der Waals surface area contributed by atoms with Crippen molar-refractivity contribution < 1.29 is 17.9 Å². The SMILES string of the molecule is COc1cccc(-c2cc(C(=O)N3CCN(S(C)(=O)=O)CC3)c3ccccc3n2)c1. The minimum Gasteiger partial charge on any atom is -0.497 e. The van der Waals surface area contributed by atoms with E-state index < -0.39 is 10.0 Å². The van der Waals surface area contributed by atoms with E-state index in [2.05, 4.69) is 0 Å². The van der Waals surface area contributed by atoms with Gasteiger partial charge in [0.15, 0.2) is 0 Å². The molecule has 2 heterocycles. The van der Waals surface area contributed by atoms with E-state index in [9.17, 15) is 13.2 Å². The fourth-order valence-corrected chi connectivity index (χ4v) is 4.50. The molecule has 156 valence electrons. The van der Waals surface area contributed by atoms with E-state index in [4.69, 9.17) is 9.72 Å². The summed E-state index contributed by atoms with van der Waals surface area (Å²) in [6.07, 6.45) is 1.20. The van der Waals surface area contributed by atoms with Crippen molar-refractivity contribution in [3.05, 3.63) is 60.2 Å². The van der Waals surface area contributed by atoms with Crippen molar-refractivity contribution in [2.75, 3.05) is 39.5 Å². The number of pyridine rings is 1. The smallest absolute Gasteiger partial charge is 0.254 e. The lowest BCUT2D eigenvalue weighted by Crippen LogP contribution is -2.50. The largest absolute Gasteiger partial charge is 0.497 e. The average molecular weight is 426 g/mol. The van der Waals surface area contributed by atoms with Gasteiger partial charge in [-0.05, 0) is 24.3 Å². The predicted octanol–water partition coefficient (Wildman–Crippen LogP) is 2.63. The molecule has 2 aromatic carbocycles. The van der Waals surface area contributed by atoms with Gasteiger partial charge < -0.3 is 9.64 Å². The van der Waals surface area contributed by atoms with Gasteiger partial charge in [-0.3, -0.25) is 4.79 Å². The van der Waals surface area contributed by atoms with Crippen LogP contribution in [0.25, 0.3) is 22.2 Å². The van der Waals surface area contributed by atoms with Gasteiger partial charge >= 0.3 is 0 Å². The zero-order valence-electron chi connectivity index (χ0n) is 16.9. The molecule has 0 saturated carbocycles. The normalized spacial score (nSPS) is 15.3. The topological polar surface area (TPSA) is 79.8 Å². The van der Waals surface area contributed by atoms with E-state index in [1.807, 2.05) is 54.6 Å². The van der Waals surface area contributed by atoms with Crippen molar-refractivity contribution in [3.63, 3.8) is 0 Å². The highest BCUT2D eigenvalue weighted by molar-refractivity contribution is 7.88. The van der Waals surface area contributed by atoms with E-state index >= 15 is 0 Å². The summed E-state index contributed by atoms with van der Waals surface area (Å²) >= 11 is 0. The summed E-state index contributed by atoms with van der Waals surface area (Å²) in [5.74, 6) is 0.595. The molecule has 1 fully saturated rings. The molecule has 0 atom stereocenters. The van der Waals surface area contributed by atoms with Crippen LogP contribution in [0.1, 0.15) is 10.4 Å². The van der Waals surface area contributed by atoms with Crippen LogP contribution in [-0.2, 0) is 10.0 Å². The number of para-hydroxylation sites is 1. The van der Waals surface area contributed by atoms with Crippen LogP contribution in [0, 0.1) is 0 Å². The number of aromatic nitrogens is 1. The molecule has 4 rings (SSSR count). The molecule has 0 aliphatic carbocycles. The van der Waals surface area contributed by atoms with Crippen molar-refractivity contribution in [2.45, 2.75) is 0 Å². The summed E-state index contributed by atoms with van der Waals surface area (Å²) in [5, 5.41) is 0.777. The molecule has 7 nitrogen and oxygen atoms in total. The van der Waals surface area contributed by atoms with Crippen LogP contribution in [0.2, 0.25) is 0 Å². The summed E-state index contributed by atoms with van der Waals surface area (Å²) in [7, 11) is -1.64. The average Bonchev–Trinajstić information content (AvgIpc) is 2.77. The van der Waals surface area contributed by atoms with E-state index in [0.717, 1.165) is 16.5 Å². The molecule has 1 aliphatic heterocycles. The first-order chi connectivity index (χ1) is 14.4. The Morgan fingerprint density at radius 3 is 2.43 bits per heavy atom. The van der Waals surface area contributed by atoms with Gasteiger partial charge in [0, 0.05) is 37.1 Å². The predicted molar refractivity (Wildman–Crippen MR) is 116 cm³/mol. The van der Waals surface area contributed by atoms with Gasteiger partial charge in [0.05, 0.1) is 30.1 Å². The van der Waals surface area contributed by atoms with Crippen molar-refractivity contribution in [3.8, 4) is 17.0 Å². The molecule has 0 N–H and O–H groups in total. The Morgan fingerprint density at radius 2 is 1.73 bits per heavy atom. The number of benzene rings is 2. The molecule has 1 aromatic heterocycles. The van der Waals surface area contributed by atoms with Crippen LogP contribution >= 0.6 is 0 Å². The van der Waals surface area contributed by atoms with Crippen molar-refractivity contribution in [1.82, 2.24) is 14.2 Å². The van der Waals surface area contributed by atoms with Crippen molar-refractivity contribution in [2.24, 2.45) is 0 Å². The zero-order valence-corrected chi connectivity index (χ0v) is 17.7. The lowest BCUT2D eigenvalue weighted by molar-refractivity contribution is 0.0700. The molecular weight excluding hydrogens is 402 g/mol. The Hall–Kier alpha value is -2.97. The number of piperazine rings is 1. The van der Waals surface area contributed by atoms with Crippen LogP contribution < -0.4 is 4.74 Å².